The van der Waals surface area contributed by atoms with Gasteiger partial charge in [0, 0.05) is 16.0 Å². The highest BCUT2D eigenvalue weighted by Gasteiger charge is 2.11. The summed E-state index contributed by atoms with van der Waals surface area (Å²) in [6.07, 6.45) is 0. The van der Waals surface area contributed by atoms with Crippen LogP contribution in [0.3, 0.4) is 0 Å². The molecule has 0 saturated heterocycles. The zero-order valence-electron chi connectivity index (χ0n) is 10.1. The predicted molar refractivity (Wildman–Crippen MR) is 77.6 cm³/mol. The van der Waals surface area contributed by atoms with Gasteiger partial charge in [-0.25, -0.2) is 8.78 Å². The first-order chi connectivity index (χ1) is 8.99. The van der Waals surface area contributed by atoms with E-state index in [0.717, 1.165) is 10.0 Å². The van der Waals surface area contributed by atoms with Crippen LogP contribution in [0.2, 0.25) is 5.02 Å². The van der Waals surface area contributed by atoms with Gasteiger partial charge in [0.05, 0.1) is 0 Å². The highest BCUT2D eigenvalue weighted by atomic mass is 79.9. The van der Waals surface area contributed by atoms with Gasteiger partial charge in [-0.15, -0.1) is 0 Å². The van der Waals surface area contributed by atoms with Crippen LogP contribution in [0.25, 0.3) is 0 Å². The lowest BCUT2D eigenvalue weighted by molar-refractivity contribution is 0.582. The van der Waals surface area contributed by atoms with E-state index < -0.39 is 11.6 Å². The standard InChI is InChI=1S/C14H11BrClF2N/c1-8-2-5-12(17)14(13(8)18)19-7-9-3-4-10(16)6-11(9)15/h2-6,19H,7H2,1H3. The molecule has 0 spiro atoms. The third-order valence-corrected chi connectivity index (χ3v) is 3.73. The number of hydrogen-bond donors (Lipinski definition) is 1. The van der Waals surface area contributed by atoms with Crippen molar-refractivity contribution in [2.24, 2.45) is 0 Å². The van der Waals surface area contributed by atoms with Crippen molar-refractivity contribution in [1.82, 2.24) is 0 Å². The normalized spacial score (nSPS) is 10.6. The molecule has 100 valence electrons. The van der Waals surface area contributed by atoms with Gasteiger partial charge in [-0.1, -0.05) is 39.7 Å². The SMILES string of the molecule is Cc1ccc(F)c(NCc2ccc(Cl)cc2Br)c1F. The summed E-state index contributed by atoms with van der Waals surface area (Å²) < 4.78 is 28.1. The minimum atomic E-state index is -0.604. The maximum absolute atomic E-state index is 13.8. The Morgan fingerprint density at radius 1 is 1.21 bits per heavy atom. The average Bonchev–Trinajstić information content (AvgIpc) is 2.36. The van der Waals surface area contributed by atoms with E-state index in [-0.39, 0.29) is 5.69 Å². The maximum Gasteiger partial charge on any atom is 0.152 e. The Balaban J connectivity index is 2.21. The van der Waals surface area contributed by atoms with Crippen molar-refractivity contribution in [1.29, 1.82) is 0 Å². The fourth-order valence-electron chi connectivity index (χ4n) is 1.67. The molecule has 0 unspecified atom stereocenters. The van der Waals surface area contributed by atoms with Crippen molar-refractivity contribution in [3.8, 4) is 0 Å². The van der Waals surface area contributed by atoms with Crippen LogP contribution >= 0.6 is 27.5 Å². The summed E-state index contributed by atoms with van der Waals surface area (Å²) in [4.78, 5) is 0. The monoisotopic (exact) mass is 345 g/mol. The third-order valence-electron chi connectivity index (χ3n) is 2.75. The topological polar surface area (TPSA) is 12.0 Å². The molecule has 0 amide bonds. The molecule has 0 fully saturated rings. The van der Waals surface area contributed by atoms with Crippen molar-refractivity contribution >= 4 is 33.2 Å². The molecule has 0 aliphatic rings. The molecular weight excluding hydrogens is 336 g/mol. The molecule has 2 rings (SSSR count). The molecule has 2 aromatic carbocycles. The second kappa shape index (κ2) is 5.88. The summed E-state index contributed by atoms with van der Waals surface area (Å²) in [6, 6.07) is 7.92. The van der Waals surface area contributed by atoms with Gasteiger partial charge < -0.3 is 5.32 Å². The number of benzene rings is 2. The lowest BCUT2D eigenvalue weighted by atomic mass is 10.1. The van der Waals surface area contributed by atoms with Gasteiger partial charge in [0.15, 0.2) is 5.82 Å². The minimum absolute atomic E-state index is 0.109. The van der Waals surface area contributed by atoms with E-state index in [1.807, 2.05) is 0 Å². The molecule has 0 radical (unpaired) electrons. The molecule has 0 aliphatic carbocycles. The van der Waals surface area contributed by atoms with E-state index in [1.54, 1.807) is 25.1 Å². The van der Waals surface area contributed by atoms with E-state index in [2.05, 4.69) is 21.2 Å². The number of rotatable bonds is 3. The molecule has 0 bridgehead atoms. The summed E-state index contributed by atoms with van der Waals surface area (Å²) in [7, 11) is 0. The quantitative estimate of drug-likeness (QED) is 0.795. The molecule has 0 heterocycles. The Morgan fingerprint density at radius 3 is 2.63 bits per heavy atom. The molecule has 5 heteroatoms. The minimum Gasteiger partial charge on any atom is -0.376 e. The van der Waals surface area contributed by atoms with E-state index >= 15 is 0 Å². The lowest BCUT2D eigenvalue weighted by Gasteiger charge is -2.11. The van der Waals surface area contributed by atoms with Crippen LogP contribution in [0.15, 0.2) is 34.8 Å². The largest absolute Gasteiger partial charge is 0.376 e. The third kappa shape index (κ3) is 3.25. The van der Waals surface area contributed by atoms with E-state index in [0.29, 0.717) is 17.1 Å². The van der Waals surface area contributed by atoms with Crippen LogP contribution in [-0.4, -0.2) is 0 Å². The number of nitrogens with one attached hydrogen (secondary N) is 1. The zero-order chi connectivity index (χ0) is 14.0. The predicted octanol–water partition coefficient (Wildman–Crippen LogP) is 5.30. The molecule has 0 aliphatic heterocycles. The van der Waals surface area contributed by atoms with Gasteiger partial charge in [-0.3, -0.25) is 0 Å². The van der Waals surface area contributed by atoms with E-state index in [1.165, 1.54) is 12.1 Å². The highest BCUT2D eigenvalue weighted by molar-refractivity contribution is 9.10. The van der Waals surface area contributed by atoms with Crippen molar-refractivity contribution in [2.45, 2.75) is 13.5 Å². The first kappa shape index (κ1) is 14.3. The Hall–Kier alpha value is -1.13. The van der Waals surface area contributed by atoms with Crippen LogP contribution in [0.4, 0.5) is 14.5 Å². The van der Waals surface area contributed by atoms with Crippen molar-refractivity contribution in [2.75, 3.05) is 5.32 Å². The Labute approximate surface area is 123 Å². The average molecular weight is 347 g/mol. The summed E-state index contributed by atoms with van der Waals surface area (Å²) >= 11 is 9.20. The fraction of sp³-hybridized carbons (Fsp3) is 0.143. The second-order valence-electron chi connectivity index (χ2n) is 4.14. The van der Waals surface area contributed by atoms with Gasteiger partial charge >= 0.3 is 0 Å². The van der Waals surface area contributed by atoms with Gasteiger partial charge in [0.1, 0.15) is 11.5 Å². The lowest BCUT2D eigenvalue weighted by Crippen LogP contribution is -2.05. The van der Waals surface area contributed by atoms with Crippen LogP contribution in [-0.2, 0) is 6.54 Å². The molecule has 0 atom stereocenters. The van der Waals surface area contributed by atoms with Crippen molar-refractivity contribution in [3.63, 3.8) is 0 Å². The van der Waals surface area contributed by atoms with E-state index in [4.69, 9.17) is 11.6 Å². The summed E-state index contributed by atoms with van der Waals surface area (Å²) in [5.41, 5.74) is 1.16. The second-order valence-corrected chi connectivity index (χ2v) is 5.43. The molecule has 0 saturated carbocycles. The van der Waals surface area contributed by atoms with Gasteiger partial charge in [0.2, 0.25) is 0 Å². The smallest absolute Gasteiger partial charge is 0.152 e. The van der Waals surface area contributed by atoms with Gasteiger partial charge in [-0.05, 0) is 36.2 Å². The number of aryl methyl sites for hydroxylation is 1. The Kier molecular flexibility index (Phi) is 4.42. The molecular formula is C14H11BrClF2N. The van der Waals surface area contributed by atoms with Gasteiger partial charge in [0.25, 0.3) is 0 Å². The van der Waals surface area contributed by atoms with Crippen molar-refractivity contribution in [3.05, 3.63) is 62.6 Å². The summed E-state index contributed by atoms with van der Waals surface area (Å²) in [5, 5.41) is 3.38. The van der Waals surface area contributed by atoms with Crippen LogP contribution < -0.4 is 5.32 Å². The molecule has 1 N–H and O–H groups in total. The first-order valence-electron chi connectivity index (χ1n) is 5.61. The molecule has 1 nitrogen and oxygen atoms in total. The van der Waals surface area contributed by atoms with E-state index in [9.17, 15) is 8.78 Å². The number of hydrogen-bond acceptors (Lipinski definition) is 1. The van der Waals surface area contributed by atoms with Crippen LogP contribution in [0.5, 0.6) is 0 Å². The fourth-order valence-corrected chi connectivity index (χ4v) is 2.49. The molecule has 19 heavy (non-hydrogen) atoms. The van der Waals surface area contributed by atoms with Crippen LogP contribution in [0.1, 0.15) is 11.1 Å². The highest BCUT2D eigenvalue weighted by Crippen LogP contribution is 2.25. The number of anilines is 1. The zero-order valence-corrected chi connectivity index (χ0v) is 12.4. The van der Waals surface area contributed by atoms with Crippen molar-refractivity contribution < 1.29 is 8.78 Å². The Morgan fingerprint density at radius 2 is 1.95 bits per heavy atom. The first-order valence-corrected chi connectivity index (χ1v) is 6.78. The Bertz CT molecular complexity index is 617. The van der Waals surface area contributed by atoms with Gasteiger partial charge in [-0.2, -0.15) is 0 Å². The summed E-state index contributed by atoms with van der Waals surface area (Å²) in [6.45, 7) is 1.90. The molecule has 0 aromatic heterocycles. The maximum atomic E-state index is 13.8. The summed E-state index contributed by atoms with van der Waals surface area (Å²) in [5.74, 6) is -1.17. The van der Waals surface area contributed by atoms with Crippen LogP contribution in [0, 0.1) is 18.6 Å². The number of halogens is 4. The molecule has 2 aromatic rings.